The molecule has 5 N–H and O–H groups in total. The lowest BCUT2D eigenvalue weighted by atomic mass is 9.96. The lowest BCUT2D eigenvalue weighted by Gasteiger charge is -2.28. The molecule has 162 valence electrons. The molecule has 8 heteroatoms. The van der Waals surface area contributed by atoms with Gasteiger partial charge in [-0.25, -0.2) is 0 Å². The van der Waals surface area contributed by atoms with E-state index in [2.05, 4.69) is 16.0 Å². The summed E-state index contributed by atoms with van der Waals surface area (Å²) in [4.78, 5) is 48.2. The summed E-state index contributed by atoms with van der Waals surface area (Å²) in [5, 5.41) is 8.14. The number of hydrogen-bond acceptors (Lipinski definition) is 5. The number of hydrogen-bond donors (Lipinski definition) is 4. The molecule has 0 aromatic heterocycles. The minimum absolute atomic E-state index is 0.127. The Labute approximate surface area is 168 Å². The third-order valence-corrected chi connectivity index (χ3v) is 4.66. The number of carbonyl (C=O) groups excluding carboxylic acids is 4. The number of aldehydes is 1. The highest BCUT2D eigenvalue weighted by Crippen LogP contribution is 2.11. The average molecular weight is 399 g/mol. The summed E-state index contributed by atoms with van der Waals surface area (Å²) in [7, 11) is 0. The summed E-state index contributed by atoms with van der Waals surface area (Å²) in [6, 6.07) is -2.09. The Kier molecular flexibility index (Phi) is 13.1. The van der Waals surface area contributed by atoms with Crippen LogP contribution in [0.3, 0.4) is 0 Å². The maximum atomic E-state index is 12.8. The fraction of sp³-hybridized carbons (Fsp3) is 0.800. The van der Waals surface area contributed by atoms with Crippen LogP contribution >= 0.6 is 0 Å². The van der Waals surface area contributed by atoms with Gasteiger partial charge in [0.2, 0.25) is 17.7 Å². The number of nitrogens with one attached hydrogen (secondary N) is 3. The molecule has 3 amide bonds. The van der Waals surface area contributed by atoms with Crippen molar-refractivity contribution in [3.8, 4) is 0 Å². The van der Waals surface area contributed by atoms with Crippen molar-refractivity contribution < 1.29 is 19.2 Å². The standard InChI is InChI=1S/C20H38N4O4/c1-6-14(4)18(20(28)23-16(12-25)9-7-8-10-21)24-19(27)17(11-13(2)3)22-15(5)26/h12-14,16-18H,6-11,21H2,1-5H3,(H,22,26)(H,23,28)(H,24,27). The Morgan fingerprint density at radius 1 is 1.00 bits per heavy atom. The predicted octanol–water partition coefficient (Wildman–Crippen LogP) is 0.881. The normalized spacial score (nSPS) is 15.2. The van der Waals surface area contributed by atoms with Crippen LogP contribution in [-0.4, -0.2) is 48.7 Å². The van der Waals surface area contributed by atoms with Gasteiger partial charge in [0.05, 0.1) is 6.04 Å². The molecule has 0 aliphatic rings. The van der Waals surface area contributed by atoms with Crippen LogP contribution in [0.15, 0.2) is 0 Å². The molecule has 4 atom stereocenters. The monoisotopic (exact) mass is 398 g/mol. The first-order valence-corrected chi connectivity index (χ1v) is 10.2. The fourth-order valence-electron chi connectivity index (χ4n) is 2.86. The third-order valence-electron chi connectivity index (χ3n) is 4.66. The first-order valence-electron chi connectivity index (χ1n) is 10.2. The van der Waals surface area contributed by atoms with Crippen LogP contribution < -0.4 is 21.7 Å². The second-order valence-electron chi connectivity index (χ2n) is 7.79. The number of carbonyl (C=O) groups is 4. The Morgan fingerprint density at radius 2 is 1.64 bits per heavy atom. The molecule has 0 bridgehead atoms. The van der Waals surface area contributed by atoms with E-state index in [0.29, 0.717) is 32.1 Å². The van der Waals surface area contributed by atoms with Gasteiger partial charge in [-0.05, 0) is 44.1 Å². The molecule has 0 fully saturated rings. The van der Waals surface area contributed by atoms with Crippen LogP contribution in [0.25, 0.3) is 0 Å². The number of rotatable bonds is 14. The van der Waals surface area contributed by atoms with Gasteiger partial charge in [0.15, 0.2) is 0 Å². The molecule has 0 aliphatic carbocycles. The number of nitrogens with two attached hydrogens (primary N) is 1. The van der Waals surface area contributed by atoms with E-state index in [9.17, 15) is 19.2 Å². The molecule has 28 heavy (non-hydrogen) atoms. The average Bonchev–Trinajstić information content (AvgIpc) is 2.63. The minimum atomic E-state index is -0.780. The second kappa shape index (κ2) is 14.1. The molecular formula is C20H38N4O4. The second-order valence-corrected chi connectivity index (χ2v) is 7.79. The van der Waals surface area contributed by atoms with E-state index < -0.39 is 29.9 Å². The Bertz CT molecular complexity index is 510. The molecule has 8 nitrogen and oxygen atoms in total. The lowest BCUT2D eigenvalue weighted by molar-refractivity contribution is -0.133. The van der Waals surface area contributed by atoms with Gasteiger partial charge >= 0.3 is 0 Å². The van der Waals surface area contributed by atoms with Crippen LogP contribution in [-0.2, 0) is 19.2 Å². The summed E-state index contributed by atoms with van der Waals surface area (Å²) in [5.41, 5.74) is 5.46. The molecule has 0 rings (SSSR count). The summed E-state index contributed by atoms with van der Waals surface area (Å²) < 4.78 is 0. The van der Waals surface area contributed by atoms with Crippen molar-refractivity contribution >= 4 is 24.0 Å². The topological polar surface area (TPSA) is 130 Å². The molecular weight excluding hydrogens is 360 g/mol. The summed E-state index contributed by atoms with van der Waals surface area (Å²) in [5.74, 6) is -1.02. The molecule has 0 aliphatic heterocycles. The Morgan fingerprint density at radius 3 is 2.11 bits per heavy atom. The van der Waals surface area contributed by atoms with Crippen LogP contribution in [0.5, 0.6) is 0 Å². The van der Waals surface area contributed by atoms with Gasteiger partial charge < -0.3 is 26.5 Å². The maximum Gasteiger partial charge on any atom is 0.243 e. The Hall–Kier alpha value is -1.96. The summed E-state index contributed by atoms with van der Waals surface area (Å²) in [6.45, 7) is 9.59. The van der Waals surface area contributed by atoms with Crippen LogP contribution in [0, 0.1) is 11.8 Å². The first-order chi connectivity index (χ1) is 13.2. The van der Waals surface area contributed by atoms with Crippen molar-refractivity contribution in [1.82, 2.24) is 16.0 Å². The van der Waals surface area contributed by atoms with Gasteiger partial charge in [0, 0.05) is 6.92 Å². The van der Waals surface area contributed by atoms with Crippen LogP contribution in [0.4, 0.5) is 0 Å². The van der Waals surface area contributed by atoms with Crippen LogP contribution in [0.1, 0.15) is 66.7 Å². The van der Waals surface area contributed by atoms with E-state index in [1.807, 2.05) is 27.7 Å². The van der Waals surface area contributed by atoms with Gasteiger partial charge in [-0.3, -0.25) is 14.4 Å². The van der Waals surface area contributed by atoms with E-state index in [0.717, 1.165) is 12.8 Å². The van der Waals surface area contributed by atoms with Gasteiger partial charge in [0.1, 0.15) is 18.4 Å². The zero-order valence-corrected chi connectivity index (χ0v) is 17.9. The highest BCUT2D eigenvalue weighted by atomic mass is 16.2. The summed E-state index contributed by atoms with van der Waals surface area (Å²) >= 11 is 0. The first kappa shape index (κ1) is 26.0. The predicted molar refractivity (Wildman–Crippen MR) is 109 cm³/mol. The Balaban J connectivity index is 5.17. The number of amides is 3. The van der Waals surface area contributed by atoms with Crippen molar-refractivity contribution in [3.63, 3.8) is 0 Å². The van der Waals surface area contributed by atoms with Gasteiger partial charge in [-0.2, -0.15) is 0 Å². The quantitative estimate of drug-likeness (QED) is 0.255. The molecule has 0 spiro atoms. The zero-order valence-electron chi connectivity index (χ0n) is 17.9. The molecule has 4 unspecified atom stereocenters. The SMILES string of the molecule is CCC(C)C(NC(=O)C(CC(C)C)NC(C)=O)C(=O)NC(C=O)CCCCN. The van der Waals surface area contributed by atoms with Crippen molar-refractivity contribution in [2.24, 2.45) is 17.6 Å². The highest BCUT2D eigenvalue weighted by Gasteiger charge is 2.30. The third kappa shape index (κ3) is 10.4. The van der Waals surface area contributed by atoms with E-state index in [1.165, 1.54) is 6.92 Å². The molecule has 0 heterocycles. The lowest BCUT2D eigenvalue weighted by Crippen LogP contribution is -2.57. The minimum Gasteiger partial charge on any atom is -0.345 e. The van der Waals surface area contributed by atoms with Crippen molar-refractivity contribution in [2.75, 3.05) is 6.54 Å². The molecule has 0 radical (unpaired) electrons. The van der Waals surface area contributed by atoms with Crippen LogP contribution in [0.2, 0.25) is 0 Å². The number of unbranched alkanes of at least 4 members (excludes halogenated alkanes) is 1. The molecule has 0 aromatic carbocycles. The maximum absolute atomic E-state index is 12.8. The smallest absolute Gasteiger partial charge is 0.243 e. The van der Waals surface area contributed by atoms with Crippen molar-refractivity contribution in [2.45, 2.75) is 84.8 Å². The fourth-order valence-corrected chi connectivity index (χ4v) is 2.86. The van der Waals surface area contributed by atoms with E-state index >= 15 is 0 Å². The molecule has 0 saturated carbocycles. The highest BCUT2D eigenvalue weighted by molar-refractivity contribution is 5.92. The van der Waals surface area contributed by atoms with Crippen molar-refractivity contribution in [1.29, 1.82) is 0 Å². The summed E-state index contributed by atoms with van der Waals surface area (Å²) in [6.07, 6.45) is 3.87. The van der Waals surface area contributed by atoms with Gasteiger partial charge in [0.25, 0.3) is 0 Å². The van der Waals surface area contributed by atoms with Gasteiger partial charge in [-0.1, -0.05) is 34.1 Å². The molecule has 0 saturated heterocycles. The van der Waals surface area contributed by atoms with E-state index in [4.69, 9.17) is 5.73 Å². The van der Waals surface area contributed by atoms with Crippen molar-refractivity contribution in [3.05, 3.63) is 0 Å². The largest absolute Gasteiger partial charge is 0.345 e. The van der Waals surface area contributed by atoms with E-state index in [-0.39, 0.29) is 17.7 Å². The zero-order chi connectivity index (χ0) is 21.7. The van der Waals surface area contributed by atoms with Gasteiger partial charge in [-0.15, -0.1) is 0 Å². The molecule has 0 aromatic rings. The van der Waals surface area contributed by atoms with E-state index in [1.54, 1.807) is 0 Å².